The van der Waals surface area contributed by atoms with Crippen molar-refractivity contribution >= 4 is 35.3 Å². The van der Waals surface area contributed by atoms with Gasteiger partial charge in [0.2, 0.25) is 6.17 Å². The molecule has 43 heavy (non-hydrogen) atoms. The number of alkyl halides is 1. The van der Waals surface area contributed by atoms with E-state index in [0.29, 0.717) is 18.4 Å². The number of carboxylic acids is 4. The van der Waals surface area contributed by atoms with E-state index in [1.54, 1.807) is 0 Å². The van der Waals surface area contributed by atoms with E-state index in [2.05, 4.69) is 0 Å². The maximum atomic E-state index is 11.8. The molecule has 232 valence electrons. The van der Waals surface area contributed by atoms with Crippen LogP contribution in [0.2, 0.25) is 0 Å². The second-order valence-corrected chi connectivity index (χ2v) is 8.69. The molecule has 8 N–H and O–H groups in total. The van der Waals surface area contributed by atoms with Crippen LogP contribution in [-0.2, 0) is 25.6 Å². The zero-order chi connectivity index (χ0) is 32.9. The topological polar surface area (TPSA) is 244 Å². The first-order valence-corrected chi connectivity index (χ1v) is 12.5. The summed E-state index contributed by atoms with van der Waals surface area (Å²) >= 11 is 0. The quantitative estimate of drug-likeness (QED) is 0.109. The summed E-state index contributed by atoms with van der Waals surface area (Å²) in [5.74, 6) is -5.71. The average Bonchev–Trinajstić information content (AvgIpc) is 2.97. The van der Waals surface area contributed by atoms with E-state index >= 15 is 0 Å². The van der Waals surface area contributed by atoms with E-state index in [1.165, 1.54) is 31.2 Å². The Kier molecular flexibility index (Phi) is 17.9. The number of nitrogens with zero attached hydrogens (tertiary/aromatic N) is 1. The van der Waals surface area contributed by atoms with Crippen molar-refractivity contribution in [3.05, 3.63) is 106 Å². The number of carbonyl (C=O) groups is 4. The van der Waals surface area contributed by atoms with Crippen LogP contribution >= 0.6 is 0 Å². The Labute approximate surface area is 246 Å². The molecule has 0 amide bonds. The largest absolute Gasteiger partial charge is 0.481 e. The van der Waals surface area contributed by atoms with Crippen molar-refractivity contribution < 1.29 is 48.9 Å². The number of nitrogens with two attached hydrogens (primary N) is 2. The molecule has 3 aromatic carbocycles. The van der Waals surface area contributed by atoms with E-state index in [-0.39, 0.29) is 5.69 Å². The molecule has 0 spiro atoms. The number of aliphatic carboxylic acids is 4. The Bertz CT molecular complexity index is 1290. The molecule has 0 aliphatic heterocycles. The lowest BCUT2D eigenvalue weighted by Gasteiger charge is -2.05. The highest BCUT2D eigenvalue weighted by molar-refractivity contribution is 5.79. The lowest BCUT2D eigenvalue weighted by Crippen LogP contribution is -2.30. The zero-order valence-electron chi connectivity index (χ0n) is 23.2. The van der Waals surface area contributed by atoms with Gasteiger partial charge in [-0.3, -0.25) is 24.5 Å². The number of rotatable bonds is 10. The summed E-state index contributed by atoms with van der Waals surface area (Å²) < 4.78 is 11.8. The Morgan fingerprint density at radius 1 is 0.814 bits per heavy atom. The average molecular weight is 604 g/mol. The number of carboxylic acid groups (broad SMARTS) is 4. The zero-order valence-corrected chi connectivity index (χ0v) is 23.2. The molecule has 0 heterocycles. The summed E-state index contributed by atoms with van der Waals surface area (Å²) in [6.45, 7) is 1.53. The number of halogens is 1. The summed E-state index contributed by atoms with van der Waals surface area (Å²) in [5, 5.41) is 43.1. The summed E-state index contributed by atoms with van der Waals surface area (Å²) in [4.78, 5) is 50.0. The highest BCUT2D eigenvalue weighted by atomic mass is 19.1. The van der Waals surface area contributed by atoms with Crippen LogP contribution in [0.4, 0.5) is 15.8 Å². The highest BCUT2D eigenvalue weighted by Crippen LogP contribution is 2.19. The Morgan fingerprint density at radius 3 is 1.63 bits per heavy atom. The Balaban J connectivity index is 0.000000565. The molecule has 0 aromatic heterocycles. The van der Waals surface area contributed by atoms with Gasteiger partial charge in [-0.25, -0.2) is 9.18 Å². The van der Waals surface area contributed by atoms with Crippen LogP contribution in [0.15, 0.2) is 84.9 Å². The van der Waals surface area contributed by atoms with Crippen LogP contribution < -0.4 is 11.5 Å². The van der Waals surface area contributed by atoms with Crippen molar-refractivity contribution in [2.45, 2.75) is 44.3 Å². The van der Waals surface area contributed by atoms with Crippen molar-refractivity contribution in [2.75, 3.05) is 5.73 Å². The molecular formula is C29H34FN3O10. The van der Waals surface area contributed by atoms with E-state index in [1.807, 2.05) is 60.7 Å². The van der Waals surface area contributed by atoms with Crippen molar-refractivity contribution in [1.29, 1.82) is 0 Å². The summed E-state index contributed by atoms with van der Waals surface area (Å²) in [6.07, 6.45) is -2.06. The molecule has 0 aliphatic rings. The molecule has 3 aromatic rings. The molecule has 14 heteroatoms. The molecule has 3 atom stereocenters. The number of nitrogen functional groups attached to an aromatic ring is 1. The van der Waals surface area contributed by atoms with Crippen LogP contribution in [-0.4, -0.2) is 61.4 Å². The van der Waals surface area contributed by atoms with Gasteiger partial charge < -0.3 is 31.9 Å². The molecule has 0 radical (unpaired) electrons. The van der Waals surface area contributed by atoms with Crippen LogP contribution in [0.1, 0.15) is 36.8 Å². The summed E-state index contributed by atoms with van der Waals surface area (Å²) in [6, 6.07) is 24.0. The van der Waals surface area contributed by atoms with Crippen LogP contribution in [0.5, 0.6) is 0 Å². The fraction of sp³-hybridized carbons (Fsp3) is 0.241. The number of nitro benzene ring substituents is 1. The smallest absolute Gasteiger partial charge is 0.338 e. The SMILES string of the molecule is CC(C(=O)O)c1ccc([N+](=O)[O-])cc1.NC(CCc1ccccc1)C(=O)O.Nc1ccccc1.O=C(O)CC(F)C(=O)O. The normalized spacial score (nSPS) is 11.7. The molecule has 13 nitrogen and oxygen atoms in total. The summed E-state index contributed by atoms with van der Waals surface area (Å²) in [7, 11) is 0. The van der Waals surface area contributed by atoms with Gasteiger partial charge in [-0.2, -0.15) is 0 Å². The number of anilines is 1. The third kappa shape index (κ3) is 17.8. The van der Waals surface area contributed by atoms with Crippen LogP contribution in [0.25, 0.3) is 0 Å². The third-order valence-electron chi connectivity index (χ3n) is 5.30. The van der Waals surface area contributed by atoms with Gasteiger partial charge in [0, 0.05) is 17.8 Å². The standard InChI is InChI=1S/C10H13NO2.C9H9NO4.C6H7N.C4H5FO4/c11-9(10(12)13)7-6-8-4-2-1-3-5-8;1-6(9(11)12)7-2-4-8(5-3-7)10(13)14;7-6-4-2-1-3-5-6;5-2(4(8)9)1-3(6)7/h1-5,9H,6-7,11H2,(H,12,13);2-6H,1H3,(H,11,12);1-5H,7H2;2H,1H2,(H,6,7)(H,8,9). The number of nitro groups is 1. The van der Waals surface area contributed by atoms with E-state index in [0.717, 1.165) is 11.3 Å². The minimum absolute atomic E-state index is 0.0358. The van der Waals surface area contributed by atoms with Gasteiger partial charge in [-0.05, 0) is 43.0 Å². The Morgan fingerprint density at radius 2 is 1.30 bits per heavy atom. The molecule has 0 saturated carbocycles. The second kappa shape index (κ2) is 20.5. The highest BCUT2D eigenvalue weighted by Gasteiger charge is 2.18. The van der Waals surface area contributed by atoms with Crippen molar-refractivity contribution in [2.24, 2.45) is 5.73 Å². The lowest BCUT2D eigenvalue weighted by molar-refractivity contribution is -0.384. The van der Waals surface area contributed by atoms with Crippen molar-refractivity contribution in [3.63, 3.8) is 0 Å². The maximum absolute atomic E-state index is 11.8. The first-order chi connectivity index (χ1) is 20.1. The number of para-hydroxylation sites is 1. The van der Waals surface area contributed by atoms with Gasteiger partial charge in [0.25, 0.3) is 5.69 Å². The van der Waals surface area contributed by atoms with Gasteiger partial charge >= 0.3 is 23.9 Å². The van der Waals surface area contributed by atoms with E-state index in [4.69, 9.17) is 31.9 Å². The van der Waals surface area contributed by atoms with E-state index in [9.17, 15) is 33.7 Å². The number of non-ortho nitro benzene ring substituents is 1. The van der Waals surface area contributed by atoms with Crippen molar-refractivity contribution in [1.82, 2.24) is 0 Å². The number of aryl methyl sites for hydroxylation is 1. The predicted molar refractivity (Wildman–Crippen MR) is 155 cm³/mol. The van der Waals surface area contributed by atoms with Gasteiger partial charge in [0.15, 0.2) is 0 Å². The molecule has 0 saturated heterocycles. The van der Waals surface area contributed by atoms with Gasteiger partial charge in [0.05, 0.1) is 17.3 Å². The molecule has 0 aliphatic carbocycles. The molecule has 3 unspecified atom stereocenters. The molecular weight excluding hydrogens is 569 g/mol. The van der Waals surface area contributed by atoms with Gasteiger partial charge in [-0.15, -0.1) is 0 Å². The molecule has 0 fully saturated rings. The fourth-order valence-corrected chi connectivity index (χ4v) is 2.81. The van der Waals surface area contributed by atoms with Crippen molar-refractivity contribution in [3.8, 4) is 0 Å². The number of hydrogen-bond acceptors (Lipinski definition) is 8. The second-order valence-electron chi connectivity index (χ2n) is 8.69. The first-order valence-electron chi connectivity index (χ1n) is 12.5. The Hall–Kier alpha value is -5.37. The predicted octanol–water partition coefficient (Wildman–Crippen LogP) is 3.97. The van der Waals surface area contributed by atoms with Gasteiger partial charge in [0.1, 0.15) is 6.04 Å². The lowest BCUT2D eigenvalue weighted by atomic mass is 10.0. The summed E-state index contributed by atoms with van der Waals surface area (Å²) in [5.41, 5.74) is 13.2. The minimum Gasteiger partial charge on any atom is -0.481 e. The maximum Gasteiger partial charge on any atom is 0.338 e. The number of hydrogen-bond donors (Lipinski definition) is 6. The van der Waals surface area contributed by atoms with Gasteiger partial charge in [-0.1, -0.05) is 60.7 Å². The third-order valence-corrected chi connectivity index (χ3v) is 5.30. The monoisotopic (exact) mass is 603 g/mol. The fourth-order valence-electron chi connectivity index (χ4n) is 2.81. The first kappa shape index (κ1) is 37.6. The van der Waals surface area contributed by atoms with Crippen LogP contribution in [0.3, 0.4) is 0 Å². The molecule has 3 rings (SSSR count). The molecule has 0 bridgehead atoms. The van der Waals surface area contributed by atoms with Crippen LogP contribution in [0, 0.1) is 10.1 Å². The minimum atomic E-state index is -2.29. The number of benzene rings is 3. The van der Waals surface area contributed by atoms with E-state index < -0.39 is 53.4 Å².